The molecule has 0 bridgehead atoms. The fraction of sp³-hybridized carbons (Fsp3) is 0.227. The molecule has 0 saturated heterocycles. The van der Waals surface area contributed by atoms with Crippen LogP contribution in [0, 0.1) is 0 Å². The summed E-state index contributed by atoms with van der Waals surface area (Å²) in [6, 6.07) is 10.3. The number of halogens is 2. The first-order chi connectivity index (χ1) is 15.9. The molecule has 4 N–H and O–H groups in total. The maximum absolute atomic E-state index is 12.2. The summed E-state index contributed by atoms with van der Waals surface area (Å²) in [5.74, 6) is 0.473. The van der Waals surface area contributed by atoms with Crippen LogP contribution in [0.25, 0.3) is 10.9 Å². The molecule has 0 atom stereocenters. The molecule has 0 saturated carbocycles. The molecular weight excluding hydrogens is 438 g/mol. The number of rotatable bonds is 10. The third-order valence-electron chi connectivity index (χ3n) is 4.37. The summed E-state index contributed by atoms with van der Waals surface area (Å²) in [5.41, 5.74) is 6.60. The van der Waals surface area contributed by atoms with E-state index in [0.717, 1.165) is 0 Å². The van der Waals surface area contributed by atoms with E-state index >= 15 is 0 Å². The Morgan fingerprint density at radius 3 is 2.52 bits per heavy atom. The lowest BCUT2D eigenvalue weighted by Crippen LogP contribution is -2.32. The second-order valence-electron chi connectivity index (χ2n) is 6.73. The van der Waals surface area contributed by atoms with Crippen LogP contribution in [0.3, 0.4) is 0 Å². The van der Waals surface area contributed by atoms with Crippen LogP contribution in [-0.2, 0) is 4.74 Å². The first-order valence-corrected chi connectivity index (χ1v) is 9.82. The number of amides is 3. The van der Waals surface area contributed by atoms with Crippen LogP contribution < -0.4 is 25.8 Å². The number of aromatic nitrogens is 1. The molecule has 0 unspecified atom stereocenters. The average molecular weight is 460 g/mol. The monoisotopic (exact) mass is 460 g/mol. The van der Waals surface area contributed by atoms with Gasteiger partial charge in [-0.25, -0.2) is 13.6 Å². The number of primary amides is 1. The fourth-order valence-corrected chi connectivity index (χ4v) is 2.86. The number of carbonyl (C=O) groups is 2. The van der Waals surface area contributed by atoms with Gasteiger partial charge in [-0.05, 0) is 36.4 Å². The van der Waals surface area contributed by atoms with Crippen molar-refractivity contribution in [1.29, 1.82) is 0 Å². The van der Waals surface area contributed by atoms with Gasteiger partial charge in [0.2, 0.25) is 0 Å². The second-order valence-corrected chi connectivity index (χ2v) is 6.73. The smallest absolute Gasteiger partial charge is 0.319 e. The number of nitrogens with one attached hydrogen (secondary N) is 2. The van der Waals surface area contributed by atoms with Gasteiger partial charge < -0.3 is 30.6 Å². The van der Waals surface area contributed by atoms with E-state index in [1.54, 1.807) is 48.7 Å². The molecule has 2 aromatic carbocycles. The van der Waals surface area contributed by atoms with Crippen molar-refractivity contribution in [2.75, 3.05) is 32.2 Å². The number of ether oxygens (including phenoxy) is 3. The number of alkyl halides is 2. The Morgan fingerprint density at radius 2 is 1.85 bits per heavy atom. The summed E-state index contributed by atoms with van der Waals surface area (Å²) in [6.07, 6.45) is -1.09. The lowest BCUT2D eigenvalue weighted by atomic mass is 10.1. The maximum atomic E-state index is 12.2. The minimum absolute atomic E-state index is 0.172. The molecule has 1 heterocycles. The highest BCUT2D eigenvalue weighted by molar-refractivity contribution is 6.01. The van der Waals surface area contributed by atoms with Gasteiger partial charge in [0.1, 0.15) is 23.9 Å². The first kappa shape index (κ1) is 23.7. The van der Waals surface area contributed by atoms with Crippen molar-refractivity contribution in [3.8, 4) is 17.2 Å². The fourth-order valence-electron chi connectivity index (χ4n) is 2.86. The molecule has 9 nitrogen and oxygen atoms in total. The van der Waals surface area contributed by atoms with Crippen molar-refractivity contribution in [2.24, 2.45) is 5.73 Å². The number of carbonyl (C=O) groups excluding carboxylic acids is 2. The molecule has 0 aliphatic heterocycles. The summed E-state index contributed by atoms with van der Waals surface area (Å²) in [6.45, 7) is -0.168. The zero-order chi connectivity index (χ0) is 23.8. The normalized spacial score (nSPS) is 10.8. The summed E-state index contributed by atoms with van der Waals surface area (Å²) in [7, 11) is 1.54. The minimum Gasteiger partial charge on any atom is -0.490 e. The van der Waals surface area contributed by atoms with Gasteiger partial charge in [0.25, 0.3) is 12.3 Å². The van der Waals surface area contributed by atoms with Crippen LogP contribution in [0.5, 0.6) is 17.2 Å². The number of fused-ring (bicyclic) bond motifs is 1. The van der Waals surface area contributed by atoms with Crippen LogP contribution in [0.2, 0.25) is 0 Å². The number of nitrogens with two attached hydrogens (primary N) is 1. The van der Waals surface area contributed by atoms with Crippen molar-refractivity contribution < 1.29 is 32.6 Å². The molecule has 0 fully saturated rings. The van der Waals surface area contributed by atoms with Gasteiger partial charge in [-0.2, -0.15) is 0 Å². The van der Waals surface area contributed by atoms with Gasteiger partial charge in [-0.1, -0.05) is 0 Å². The Hall–Kier alpha value is -3.99. The van der Waals surface area contributed by atoms with Crippen molar-refractivity contribution in [2.45, 2.75) is 6.43 Å². The van der Waals surface area contributed by atoms with Gasteiger partial charge in [0.05, 0.1) is 24.2 Å². The first-order valence-electron chi connectivity index (χ1n) is 9.82. The van der Waals surface area contributed by atoms with E-state index in [2.05, 4.69) is 10.3 Å². The lowest BCUT2D eigenvalue weighted by Gasteiger charge is -2.13. The van der Waals surface area contributed by atoms with E-state index < -0.39 is 24.9 Å². The summed E-state index contributed by atoms with van der Waals surface area (Å²) < 4.78 is 40.8. The second kappa shape index (κ2) is 11.0. The molecule has 0 spiro atoms. The highest BCUT2D eigenvalue weighted by atomic mass is 19.3. The molecule has 1 aromatic heterocycles. The van der Waals surface area contributed by atoms with Gasteiger partial charge in [-0.3, -0.25) is 9.78 Å². The molecule has 33 heavy (non-hydrogen) atoms. The Bertz CT molecular complexity index is 1130. The maximum Gasteiger partial charge on any atom is 0.319 e. The zero-order valence-electron chi connectivity index (χ0n) is 17.6. The zero-order valence-corrected chi connectivity index (χ0v) is 17.6. The van der Waals surface area contributed by atoms with Crippen LogP contribution in [0.1, 0.15) is 10.4 Å². The Balaban J connectivity index is 1.79. The van der Waals surface area contributed by atoms with Crippen LogP contribution in [-0.4, -0.2) is 50.2 Å². The number of anilines is 1. The quantitative estimate of drug-likeness (QED) is 0.398. The predicted octanol–water partition coefficient (Wildman–Crippen LogP) is 3.54. The van der Waals surface area contributed by atoms with Gasteiger partial charge in [0.15, 0.2) is 0 Å². The number of pyridine rings is 1. The molecule has 0 aliphatic rings. The van der Waals surface area contributed by atoms with E-state index in [4.69, 9.17) is 19.9 Å². The Labute approximate surface area is 187 Å². The molecule has 0 aliphatic carbocycles. The molecule has 0 radical (unpaired) electrons. The van der Waals surface area contributed by atoms with Crippen LogP contribution in [0.15, 0.2) is 48.7 Å². The Morgan fingerprint density at radius 1 is 1.09 bits per heavy atom. The van der Waals surface area contributed by atoms with Crippen molar-refractivity contribution in [3.05, 3.63) is 54.2 Å². The van der Waals surface area contributed by atoms with E-state index in [-0.39, 0.29) is 17.9 Å². The molecule has 3 amide bonds. The number of benzene rings is 2. The number of urea groups is 1. The van der Waals surface area contributed by atoms with Gasteiger partial charge in [-0.15, -0.1) is 0 Å². The van der Waals surface area contributed by atoms with Crippen LogP contribution in [0.4, 0.5) is 19.3 Å². The third-order valence-corrected chi connectivity index (χ3v) is 4.37. The molecule has 3 aromatic rings. The molecule has 11 heteroatoms. The summed E-state index contributed by atoms with van der Waals surface area (Å²) in [4.78, 5) is 27.8. The SMILES string of the molecule is COCCOc1cc2nccc(Oc3ccc(NC(=O)NCC(F)F)cc3)c2cc1C(N)=O. The van der Waals surface area contributed by atoms with Crippen molar-refractivity contribution >= 4 is 28.5 Å². The topological polar surface area (TPSA) is 125 Å². The third kappa shape index (κ3) is 6.50. The average Bonchev–Trinajstić information content (AvgIpc) is 2.79. The standard InChI is InChI=1S/C22H22F2N4O5/c1-31-8-9-32-19-11-17-15(10-16(19)21(25)29)18(6-7-26-17)33-14-4-2-13(3-5-14)28-22(30)27-12-20(23)24/h2-7,10-11,20H,8-9,12H2,1H3,(H2,25,29)(H2,27,28,30). The number of hydrogen-bond donors (Lipinski definition) is 3. The van der Waals surface area contributed by atoms with Crippen molar-refractivity contribution in [3.63, 3.8) is 0 Å². The number of nitrogens with zero attached hydrogens (tertiary/aromatic N) is 1. The summed E-state index contributed by atoms with van der Waals surface area (Å²) in [5, 5.41) is 5.03. The highest BCUT2D eigenvalue weighted by Gasteiger charge is 2.15. The van der Waals surface area contributed by atoms with Crippen molar-refractivity contribution in [1.82, 2.24) is 10.3 Å². The molecule has 3 rings (SSSR count). The number of hydrogen-bond acceptors (Lipinski definition) is 6. The van der Waals surface area contributed by atoms with E-state index in [0.29, 0.717) is 34.7 Å². The molecule has 174 valence electrons. The van der Waals surface area contributed by atoms with E-state index in [1.165, 1.54) is 7.11 Å². The lowest BCUT2D eigenvalue weighted by molar-refractivity contribution is 0.0992. The highest BCUT2D eigenvalue weighted by Crippen LogP contribution is 2.33. The van der Waals surface area contributed by atoms with Crippen LogP contribution >= 0.6 is 0 Å². The predicted molar refractivity (Wildman–Crippen MR) is 117 cm³/mol. The van der Waals surface area contributed by atoms with E-state index in [9.17, 15) is 18.4 Å². The van der Waals surface area contributed by atoms with E-state index in [1.807, 2.05) is 5.32 Å². The number of methoxy groups -OCH3 is 1. The summed E-state index contributed by atoms with van der Waals surface area (Å²) >= 11 is 0. The largest absolute Gasteiger partial charge is 0.490 e. The molecular formula is C22H22F2N4O5. The Kier molecular flexibility index (Phi) is 7.92. The minimum atomic E-state index is -2.63. The van der Waals surface area contributed by atoms with Gasteiger partial charge in [0, 0.05) is 30.4 Å². The van der Waals surface area contributed by atoms with Gasteiger partial charge >= 0.3 is 6.03 Å².